The van der Waals surface area contributed by atoms with Gasteiger partial charge in [-0.1, -0.05) is 12.1 Å². The summed E-state index contributed by atoms with van der Waals surface area (Å²) in [4.78, 5) is 0. The van der Waals surface area contributed by atoms with Crippen molar-refractivity contribution in [3.8, 4) is 11.5 Å². The monoisotopic (exact) mass is 273 g/mol. The maximum Gasteiger partial charge on any atom is 0.164 e. The summed E-state index contributed by atoms with van der Waals surface area (Å²) in [6, 6.07) is 10.3. The zero-order valence-corrected chi connectivity index (χ0v) is 11.6. The molecule has 1 N–H and O–H groups in total. The van der Waals surface area contributed by atoms with E-state index in [1.54, 1.807) is 13.4 Å². The molecule has 20 heavy (non-hydrogen) atoms. The smallest absolute Gasteiger partial charge is 0.164 e. The third kappa shape index (κ3) is 2.80. The highest BCUT2D eigenvalue weighted by Gasteiger charge is 2.22. The summed E-state index contributed by atoms with van der Waals surface area (Å²) in [5.41, 5.74) is 1.20. The molecule has 1 aromatic heterocycles. The van der Waals surface area contributed by atoms with E-state index in [9.17, 15) is 0 Å². The van der Waals surface area contributed by atoms with Crippen molar-refractivity contribution >= 4 is 0 Å². The Balaban J connectivity index is 1.56. The highest BCUT2D eigenvalue weighted by Crippen LogP contribution is 2.34. The predicted molar refractivity (Wildman–Crippen MR) is 76.4 cm³/mol. The molecule has 0 saturated heterocycles. The van der Waals surface area contributed by atoms with E-state index >= 15 is 0 Å². The second kappa shape index (κ2) is 6.01. The van der Waals surface area contributed by atoms with E-state index in [4.69, 9.17) is 13.9 Å². The second-order valence-corrected chi connectivity index (χ2v) is 4.94. The van der Waals surface area contributed by atoms with Crippen LogP contribution in [0.3, 0.4) is 0 Å². The first-order valence-electron chi connectivity index (χ1n) is 6.91. The first-order chi connectivity index (χ1) is 9.86. The Labute approximate surface area is 118 Å². The molecule has 0 spiro atoms. The lowest BCUT2D eigenvalue weighted by molar-refractivity contribution is 0.227. The minimum Gasteiger partial charge on any atom is -0.493 e. The fourth-order valence-electron chi connectivity index (χ4n) is 2.54. The van der Waals surface area contributed by atoms with Gasteiger partial charge in [-0.3, -0.25) is 0 Å². The van der Waals surface area contributed by atoms with Crippen LogP contribution < -0.4 is 14.8 Å². The molecule has 0 fully saturated rings. The van der Waals surface area contributed by atoms with Crippen LogP contribution in [0.1, 0.15) is 11.3 Å². The number of furan rings is 1. The van der Waals surface area contributed by atoms with Crippen LogP contribution in [0.25, 0.3) is 0 Å². The zero-order chi connectivity index (χ0) is 13.8. The quantitative estimate of drug-likeness (QED) is 0.908. The van der Waals surface area contributed by atoms with Crippen LogP contribution in [0.15, 0.2) is 41.0 Å². The van der Waals surface area contributed by atoms with Crippen molar-refractivity contribution < 1.29 is 13.9 Å². The Morgan fingerprint density at radius 1 is 1.30 bits per heavy atom. The van der Waals surface area contributed by atoms with Crippen molar-refractivity contribution in [1.82, 2.24) is 5.32 Å². The summed E-state index contributed by atoms with van der Waals surface area (Å²) in [7, 11) is 1.67. The van der Waals surface area contributed by atoms with Gasteiger partial charge in [0.15, 0.2) is 11.5 Å². The Hall–Kier alpha value is -1.94. The van der Waals surface area contributed by atoms with E-state index in [0.29, 0.717) is 12.6 Å². The molecular weight excluding hydrogens is 254 g/mol. The van der Waals surface area contributed by atoms with E-state index in [-0.39, 0.29) is 0 Å². The normalized spacial score (nSPS) is 17.4. The van der Waals surface area contributed by atoms with Crippen molar-refractivity contribution in [3.63, 3.8) is 0 Å². The average Bonchev–Trinajstić information content (AvgIpc) is 2.99. The van der Waals surface area contributed by atoms with Gasteiger partial charge in [-0.2, -0.15) is 0 Å². The lowest BCUT2D eigenvalue weighted by Crippen LogP contribution is -2.40. The van der Waals surface area contributed by atoms with Gasteiger partial charge >= 0.3 is 0 Å². The number of para-hydroxylation sites is 1. The molecule has 0 radical (unpaired) electrons. The number of benzene rings is 1. The molecular formula is C16H19NO3. The van der Waals surface area contributed by atoms with E-state index in [0.717, 1.165) is 36.6 Å². The van der Waals surface area contributed by atoms with E-state index in [1.165, 1.54) is 5.56 Å². The summed E-state index contributed by atoms with van der Waals surface area (Å²) >= 11 is 0. The van der Waals surface area contributed by atoms with Gasteiger partial charge in [-0.15, -0.1) is 0 Å². The highest BCUT2D eigenvalue weighted by molar-refractivity contribution is 5.48. The predicted octanol–water partition coefficient (Wildman–Crippen LogP) is 2.42. The molecule has 0 amide bonds. The molecule has 0 saturated carbocycles. The van der Waals surface area contributed by atoms with Crippen LogP contribution in [-0.2, 0) is 12.8 Å². The standard InChI is InChI=1S/C16H19NO3/c1-18-15-6-2-4-12-10-13(11-20-16(12)15)17-8-7-14-5-3-9-19-14/h2-6,9,13,17H,7-8,10-11H2,1H3. The fourth-order valence-corrected chi connectivity index (χ4v) is 2.54. The number of methoxy groups -OCH3 is 1. The van der Waals surface area contributed by atoms with Crippen molar-refractivity contribution in [2.24, 2.45) is 0 Å². The van der Waals surface area contributed by atoms with Gasteiger partial charge in [0.1, 0.15) is 12.4 Å². The Kier molecular flexibility index (Phi) is 3.92. The minimum absolute atomic E-state index is 0.338. The second-order valence-electron chi connectivity index (χ2n) is 4.94. The number of hydrogen-bond donors (Lipinski definition) is 1. The topological polar surface area (TPSA) is 43.6 Å². The van der Waals surface area contributed by atoms with Crippen LogP contribution in [-0.4, -0.2) is 26.3 Å². The number of nitrogens with one attached hydrogen (secondary N) is 1. The number of hydrogen-bond acceptors (Lipinski definition) is 4. The fraction of sp³-hybridized carbons (Fsp3) is 0.375. The molecule has 2 aromatic rings. The van der Waals surface area contributed by atoms with Crippen LogP contribution in [0.5, 0.6) is 11.5 Å². The van der Waals surface area contributed by atoms with Gasteiger partial charge < -0.3 is 19.2 Å². The van der Waals surface area contributed by atoms with E-state index in [1.807, 2.05) is 24.3 Å². The van der Waals surface area contributed by atoms with Crippen LogP contribution in [0.4, 0.5) is 0 Å². The van der Waals surface area contributed by atoms with Gasteiger partial charge in [-0.05, 0) is 30.2 Å². The van der Waals surface area contributed by atoms with Crippen LogP contribution >= 0.6 is 0 Å². The maximum absolute atomic E-state index is 5.83. The lowest BCUT2D eigenvalue weighted by atomic mass is 10.0. The molecule has 1 unspecified atom stereocenters. The van der Waals surface area contributed by atoms with Gasteiger partial charge in [0, 0.05) is 19.0 Å². The molecule has 1 atom stereocenters. The molecule has 106 valence electrons. The molecule has 2 heterocycles. The first-order valence-corrected chi connectivity index (χ1v) is 6.91. The Bertz CT molecular complexity index is 551. The van der Waals surface area contributed by atoms with E-state index in [2.05, 4.69) is 11.4 Å². The Morgan fingerprint density at radius 2 is 2.25 bits per heavy atom. The summed E-state index contributed by atoms with van der Waals surface area (Å²) in [5, 5.41) is 3.51. The summed E-state index contributed by atoms with van der Waals surface area (Å²) in [6.45, 7) is 1.56. The summed E-state index contributed by atoms with van der Waals surface area (Å²) in [5.74, 6) is 2.71. The third-order valence-corrected chi connectivity index (χ3v) is 3.56. The molecule has 3 rings (SSSR count). The van der Waals surface area contributed by atoms with Crippen LogP contribution in [0.2, 0.25) is 0 Å². The van der Waals surface area contributed by atoms with Crippen molar-refractivity contribution in [2.45, 2.75) is 18.9 Å². The molecule has 4 nitrogen and oxygen atoms in total. The largest absolute Gasteiger partial charge is 0.493 e. The number of fused-ring (bicyclic) bond motifs is 1. The molecule has 0 bridgehead atoms. The minimum atomic E-state index is 0.338. The highest BCUT2D eigenvalue weighted by atomic mass is 16.5. The summed E-state index contributed by atoms with van der Waals surface area (Å²) < 4.78 is 16.5. The van der Waals surface area contributed by atoms with Gasteiger partial charge in [-0.25, -0.2) is 0 Å². The number of ether oxygens (including phenoxy) is 2. The summed E-state index contributed by atoms with van der Waals surface area (Å²) in [6.07, 6.45) is 3.57. The zero-order valence-electron chi connectivity index (χ0n) is 11.6. The first kappa shape index (κ1) is 13.1. The van der Waals surface area contributed by atoms with Crippen molar-refractivity contribution in [3.05, 3.63) is 47.9 Å². The molecule has 0 aliphatic carbocycles. The molecule has 1 aromatic carbocycles. The van der Waals surface area contributed by atoms with Gasteiger partial charge in [0.05, 0.1) is 13.4 Å². The molecule has 4 heteroatoms. The van der Waals surface area contributed by atoms with Crippen molar-refractivity contribution in [2.75, 3.05) is 20.3 Å². The third-order valence-electron chi connectivity index (χ3n) is 3.56. The lowest BCUT2D eigenvalue weighted by Gasteiger charge is -2.27. The maximum atomic E-state index is 5.83. The van der Waals surface area contributed by atoms with Gasteiger partial charge in [0.2, 0.25) is 0 Å². The molecule has 1 aliphatic heterocycles. The van der Waals surface area contributed by atoms with Crippen molar-refractivity contribution in [1.29, 1.82) is 0 Å². The average molecular weight is 273 g/mol. The van der Waals surface area contributed by atoms with Gasteiger partial charge in [0.25, 0.3) is 0 Å². The molecule has 1 aliphatic rings. The number of rotatable bonds is 5. The SMILES string of the molecule is COc1cccc2c1OCC(NCCc1ccco1)C2. The van der Waals surface area contributed by atoms with Crippen LogP contribution in [0, 0.1) is 0 Å². The Morgan fingerprint density at radius 3 is 3.05 bits per heavy atom. The van der Waals surface area contributed by atoms with E-state index < -0.39 is 0 Å².